The van der Waals surface area contributed by atoms with E-state index in [0.29, 0.717) is 24.0 Å². The van der Waals surface area contributed by atoms with Crippen molar-refractivity contribution in [3.05, 3.63) is 41.5 Å². The number of aryl methyl sites for hydroxylation is 1. The van der Waals surface area contributed by atoms with E-state index in [4.69, 9.17) is 10.8 Å². The van der Waals surface area contributed by atoms with Gasteiger partial charge in [0.15, 0.2) is 0 Å². The number of carboxylic acids is 1. The summed E-state index contributed by atoms with van der Waals surface area (Å²) < 4.78 is 0. The fourth-order valence-electron chi connectivity index (χ4n) is 1.72. The molecule has 4 heteroatoms. The van der Waals surface area contributed by atoms with Gasteiger partial charge in [-0.1, -0.05) is 12.1 Å². The molecule has 0 heterocycles. The van der Waals surface area contributed by atoms with Crippen LogP contribution in [0.15, 0.2) is 24.8 Å². The van der Waals surface area contributed by atoms with Gasteiger partial charge in [0.25, 0.3) is 0 Å². The number of aromatic carboxylic acids is 1. The molecule has 92 valence electrons. The summed E-state index contributed by atoms with van der Waals surface area (Å²) >= 11 is 0. The molecule has 0 saturated heterocycles. The number of phenolic OH excluding ortho intramolecular Hbond substituents is 1. The van der Waals surface area contributed by atoms with Gasteiger partial charge >= 0.3 is 5.97 Å². The fraction of sp³-hybridized carbons (Fsp3) is 0.308. The number of rotatable bonds is 5. The Morgan fingerprint density at radius 2 is 2.24 bits per heavy atom. The third kappa shape index (κ3) is 2.85. The number of allylic oxidation sites excluding steroid dienone is 1. The normalized spacial score (nSPS) is 12.1. The maximum atomic E-state index is 11.1. The SMILES string of the molecule is C=CCC[C@H](N)c1c(C(=O)O)ccc(C)c1O. The minimum atomic E-state index is -1.08. The fourth-order valence-corrected chi connectivity index (χ4v) is 1.72. The molecule has 4 nitrogen and oxygen atoms in total. The van der Waals surface area contributed by atoms with Gasteiger partial charge in [-0.25, -0.2) is 4.79 Å². The average molecular weight is 235 g/mol. The number of carbonyl (C=O) groups is 1. The smallest absolute Gasteiger partial charge is 0.336 e. The highest BCUT2D eigenvalue weighted by atomic mass is 16.4. The van der Waals surface area contributed by atoms with Crippen LogP contribution in [0.2, 0.25) is 0 Å². The van der Waals surface area contributed by atoms with Gasteiger partial charge in [-0.3, -0.25) is 0 Å². The van der Waals surface area contributed by atoms with Crippen molar-refractivity contribution < 1.29 is 15.0 Å². The molecule has 4 N–H and O–H groups in total. The summed E-state index contributed by atoms with van der Waals surface area (Å²) in [6, 6.07) is 2.54. The summed E-state index contributed by atoms with van der Waals surface area (Å²) in [4.78, 5) is 11.1. The highest BCUT2D eigenvalue weighted by molar-refractivity contribution is 5.90. The zero-order chi connectivity index (χ0) is 13.0. The van der Waals surface area contributed by atoms with E-state index in [1.165, 1.54) is 6.07 Å². The lowest BCUT2D eigenvalue weighted by molar-refractivity contribution is 0.0694. The Morgan fingerprint density at radius 1 is 1.59 bits per heavy atom. The van der Waals surface area contributed by atoms with Gasteiger partial charge in [0, 0.05) is 11.6 Å². The molecule has 1 aromatic rings. The third-order valence-corrected chi connectivity index (χ3v) is 2.70. The molecule has 0 bridgehead atoms. The van der Waals surface area contributed by atoms with Crippen LogP contribution in [0.3, 0.4) is 0 Å². The Bertz CT molecular complexity index is 441. The summed E-state index contributed by atoms with van der Waals surface area (Å²) in [5.41, 5.74) is 6.91. The molecule has 0 spiro atoms. The second kappa shape index (κ2) is 5.50. The van der Waals surface area contributed by atoms with Crippen molar-refractivity contribution in [2.45, 2.75) is 25.8 Å². The molecule has 1 atom stereocenters. The average Bonchev–Trinajstić information content (AvgIpc) is 2.28. The summed E-state index contributed by atoms with van der Waals surface area (Å²) in [7, 11) is 0. The van der Waals surface area contributed by atoms with Gasteiger partial charge < -0.3 is 15.9 Å². The quantitative estimate of drug-likeness (QED) is 0.684. The van der Waals surface area contributed by atoms with E-state index >= 15 is 0 Å². The zero-order valence-electron chi connectivity index (χ0n) is 9.81. The molecular weight excluding hydrogens is 218 g/mol. The van der Waals surface area contributed by atoms with Crippen molar-refractivity contribution in [1.82, 2.24) is 0 Å². The van der Waals surface area contributed by atoms with E-state index in [2.05, 4.69) is 6.58 Å². The molecule has 0 aromatic heterocycles. The number of phenols is 1. The van der Waals surface area contributed by atoms with Crippen LogP contribution in [0.1, 0.15) is 40.4 Å². The van der Waals surface area contributed by atoms with Gasteiger partial charge in [0.1, 0.15) is 5.75 Å². The summed E-state index contributed by atoms with van der Waals surface area (Å²) in [5.74, 6) is -1.11. The van der Waals surface area contributed by atoms with Crippen molar-refractivity contribution >= 4 is 5.97 Å². The van der Waals surface area contributed by atoms with Crippen LogP contribution in [-0.2, 0) is 0 Å². The number of aromatic hydroxyl groups is 1. The van der Waals surface area contributed by atoms with E-state index in [9.17, 15) is 9.90 Å². The number of nitrogens with two attached hydrogens (primary N) is 1. The molecule has 17 heavy (non-hydrogen) atoms. The molecule has 0 fully saturated rings. The zero-order valence-corrected chi connectivity index (χ0v) is 9.81. The molecule has 0 aliphatic rings. The van der Waals surface area contributed by atoms with Crippen LogP contribution in [0.4, 0.5) is 0 Å². The summed E-state index contributed by atoms with van der Waals surface area (Å²) in [6.45, 7) is 5.30. The largest absolute Gasteiger partial charge is 0.507 e. The lowest BCUT2D eigenvalue weighted by Gasteiger charge is -2.17. The van der Waals surface area contributed by atoms with Crippen LogP contribution in [-0.4, -0.2) is 16.2 Å². The Hall–Kier alpha value is -1.81. The van der Waals surface area contributed by atoms with E-state index in [0.717, 1.165) is 0 Å². The second-order valence-electron chi connectivity index (χ2n) is 3.97. The number of hydrogen-bond donors (Lipinski definition) is 3. The van der Waals surface area contributed by atoms with E-state index in [1.54, 1.807) is 19.1 Å². The lowest BCUT2D eigenvalue weighted by atomic mass is 9.94. The second-order valence-corrected chi connectivity index (χ2v) is 3.97. The Balaban J connectivity index is 3.22. The van der Waals surface area contributed by atoms with E-state index in [1.807, 2.05) is 0 Å². The van der Waals surface area contributed by atoms with Crippen molar-refractivity contribution in [3.8, 4) is 5.75 Å². The molecule has 1 aromatic carbocycles. The van der Waals surface area contributed by atoms with Crippen molar-refractivity contribution in [2.75, 3.05) is 0 Å². The van der Waals surface area contributed by atoms with Gasteiger partial charge in [-0.2, -0.15) is 0 Å². The highest BCUT2D eigenvalue weighted by Gasteiger charge is 2.20. The van der Waals surface area contributed by atoms with Gasteiger partial charge in [0.05, 0.1) is 5.56 Å². The monoisotopic (exact) mass is 235 g/mol. The molecule has 0 saturated carbocycles. The first-order valence-corrected chi connectivity index (χ1v) is 5.41. The number of hydrogen-bond acceptors (Lipinski definition) is 3. The minimum Gasteiger partial charge on any atom is -0.507 e. The maximum Gasteiger partial charge on any atom is 0.336 e. The first kappa shape index (κ1) is 13.3. The van der Waals surface area contributed by atoms with Gasteiger partial charge in [-0.15, -0.1) is 6.58 Å². The topological polar surface area (TPSA) is 83.6 Å². The molecule has 0 unspecified atom stereocenters. The molecular formula is C13H17NO3. The Kier molecular flexibility index (Phi) is 4.29. The van der Waals surface area contributed by atoms with Crippen molar-refractivity contribution in [3.63, 3.8) is 0 Å². The predicted molar refractivity (Wildman–Crippen MR) is 66.2 cm³/mol. The highest BCUT2D eigenvalue weighted by Crippen LogP contribution is 2.32. The number of benzene rings is 1. The number of carboxylic acid groups (broad SMARTS) is 1. The maximum absolute atomic E-state index is 11.1. The van der Waals surface area contributed by atoms with E-state index in [-0.39, 0.29) is 11.3 Å². The standard InChI is InChI=1S/C13H17NO3/c1-3-4-5-10(14)11-9(13(16)17)7-6-8(2)12(11)15/h3,6-7,10,15H,1,4-5,14H2,2H3,(H,16,17)/t10-/m0/s1. The Morgan fingerprint density at radius 3 is 2.76 bits per heavy atom. The van der Waals surface area contributed by atoms with Crippen LogP contribution in [0.25, 0.3) is 0 Å². The van der Waals surface area contributed by atoms with E-state index < -0.39 is 12.0 Å². The Labute approximate surface area is 100 Å². The van der Waals surface area contributed by atoms with Crippen molar-refractivity contribution in [1.29, 1.82) is 0 Å². The lowest BCUT2D eigenvalue weighted by Crippen LogP contribution is -2.15. The molecule has 0 aliphatic heterocycles. The minimum absolute atomic E-state index is 0.0264. The molecule has 0 amide bonds. The van der Waals surface area contributed by atoms with Crippen LogP contribution >= 0.6 is 0 Å². The van der Waals surface area contributed by atoms with Crippen LogP contribution < -0.4 is 5.73 Å². The third-order valence-electron chi connectivity index (χ3n) is 2.70. The molecule has 0 aliphatic carbocycles. The van der Waals surface area contributed by atoms with Crippen LogP contribution in [0, 0.1) is 6.92 Å². The first-order valence-electron chi connectivity index (χ1n) is 5.41. The van der Waals surface area contributed by atoms with Crippen molar-refractivity contribution in [2.24, 2.45) is 5.73 Å². The first-order chi connectivity index (χ1) is 7.99. The summed E-state index contributed by atoms with van der Waals surface area (Å²) in [6.07, 6.45) is 2.95. The molecule has 0 radical (unpaired) electrons. The molecule has 1 rings (SSSR count). The van der Waals surface area contributed by atoms with Gasteiger partial charge in [-0.05, 0) is 31.4 Å². The summed E-state index contributed by atoms with van der Waals surface area (Å²) in [5, 5.41) is 19.0. The predicted octanol–water partition coefficient (Wildman–Crippen LogP) is 2.36. The van der Waals surface area contributed by atoms with Crippen LogP contribution in [0.5, 0.6) is 5.75 Å². The van der Waals surface area contributed by atoms with Gasteiger partial charge in [0.2, 0.25) is 0 Å².